The first-order valence-electron chi connectivity index (χ1n) is 6.96. The first kappa shape index (κ1) is 16.0. The van der Waals surface area contributed by atoms with Crippen molar-refractivity contribution in [2.45, 2.75) is 19.4 Å². The highest BCUT2D eigenvalue weighted by molar-refractivity contribution is 9.10. The molecule has 0 aliphatic carbocycles. The van der Waals surface area contributed by atoms with E-state index in [1.54, 1.807) is 19.2 Å². The van der Waals surface area contributed by atoms with Gasteiger partial charge in [0.2, 0.25) is 0 Å². The van der Waals surface area contributed by atoms with Crippen LogP contribution in [0.3, 0.4) is 0 Å². The van der Waals surface area contributed by atoms with E-state index in [2.05, 4.69) is 21.2 Å². The standard InChI is InChI=1S/C17H19BrFNO/c1-3-20-15(11-12-7-9-13(18)10-8-12)17-14(19)5-4-6-16(17)21-2/h4-10,15,20H,3,11H2,1-2H3. The van der Waals surface area contributed by atoms with Crippen LogP contribution in [0, 0.1) is 5.82 Å². The average Bonchev–Trinajstić information content (AvgIpc) is 2.49. The Bertz CT molecular complexity index is 586. The first-order valence-corrected chi connectivity index (χ1v) is 7.75. The van der Waals surface area contributed by atoms with Crippen LogP contribution in [-0.4, -0.2) is 13.7 Å². The van der Waals surface area contributed by atoms with Crippen LogP contribution in [0.25, 0.3) is 0 Å². The van der Waals surface area contributed by atoms with Gasteiger partial charge in [-0.1, -0.05) is 41.1 Å². The van der Waals surface area contributed by atoms with E-state index >= 15 is 0 Å². The van der Waals surface area contributed by atoms with E-state index in [1.165, 1.54) is 6.07 Å². The van der Waals surface area contributed by atoms with Crippen molar-refractivity contribution in [1.29, 1.82) is 0 Å². The minimum atomic E-state index is -0.239. The maximum Gasteiger partial charge on any atom is 0.131 e. The molecule has 0 spiro atoms. The normalized spacial score (nSPS) is 12.2. The molecule has 0 saturated heterocycles. The second-order valence-corrected chi connectivity index (χ2v) is 5.71. The molecular formula is C17H19BrFNO. The monoisotopic (exact) mass is 351 g/mol. The van der Waals surface area contributed by atoms with Crippen molar-refractivity contribution in [1.82, 2.24) is 5.32 Å². The van der Waals surface area contributed by atoms with Crippen molar-refractivity contribution in [2.24, 2.45) is 0 Å². The Balaban J connectivity index is 2.32. The molecule has 0 aliphatic rings. The summed E-state index contributed by atoms with van der Waals surface area (Å²) in [5.41, 5.74) is 1.74. The zero-order chi connectivity index (χ0) is 15.2. The Kier molecular flexibility index (Phi) is 5.76. The van der Waals surface area contributed by atoms with Crippen LogP contribution in [-0.2, 0) is 6.42 Å². The lowest BCUT2D eigenvalue weighted by molar-refractivity contribution is 0.390. The maximum absolute atomic E-state index is 14.2. The summed E-state index contributed by atoms with van der Waals surface area (Å²) >= 11 is 3.43. The Labute approximate surface area is 133 Å². The lowest BCUT2D eigenvalue weighted by Gasteiger charge is -2.21. The highest BCUT2D eigenvalue weighted by Gasteiger charge is 2.20. The summed E-state index contributed by atoms with van der Waals surface area (Å²) in [5.74, 6) is 0.343. The third kappa shape index (κ3) is 4.05. The molecule has 2 rings (SSSR count). The number of methoxy groups -OCH3 is 1. The largest absolute Gasteiger partial charge is 0.496 e. The van der Waals surface area contributed by atoms with Gasteiger partial charge in [0.05, 0.1) is 7.11 Å². The fourth-order valence-corrected chi connectivity index (χ4v) is 2.68. The summed E-state index contributed by atoms with van der Waals surface area (Å²) in [7, 11) is 1.57. The molecule has 2 nitrogen and oxygen atoms in total. The van der Waals surface area contributed by atoms with Crippen LogP contribution in [0.2, 0.25) is 0 Å². The van der Waals surface area contributed by atoms with Crippen LogP contribution in [0.5, 0.6) is 5.75 Å². The van der Waals surface area contributed by atoms with Gasteiger partial charge < -0.3 is 10.1 Å². The first-order chi connectivity index (χ1) is 10.2. The van der Waals surface area contributed by atoms with Crippen molar-refractivity contribution in [3.05, 3.63) is 63.9 Å². The summed E-state index contributed by atoms with van der Waals surface area (Å²) in [6.45, 7) is 2.78. The van der Waals surface area contributed by atoms with Gasteiger partial charge in [0.15, 0.2) is 0 Å². The lowest BCUT2D eigenvalue weighted by atomic mass is 9.97. The van der Waals surface area contributed by atoms with Crippen LogP contribution in [0.15, 0.2) is 46.9 Å². The third-order valence-electron chi connectivity index (χ3n) is 3.38. The van der Waals surface area contributed by atoms with Gasteiger partial charge in [-0.2, -0.15) is 0 Å². The molecule has 0 aromatic heterocycles. The fraction of sp³-hybridized carbons (Fsp3) is 0.294. The summed E-state index contributed by atoms with van der Waals surface area (Å²) in [5, 5.41) is 3.35. The number of hydrogen-bond donors (Lipinski definition) is 1. The van der Waals surface area contributed by atoms with E-state index in [-0.39, 0.29) is 11.9 Å². The molecule has 0 aliphatic heterocycles. The van der Waals surface area contributed by atoms with E-state index in [0.29, 0.717) is 17.7 Å². The zero-order valence-corrected chi connectivity index (χ0v) is 13.8. The fourth-order valence-electron chi connectivity index (χ4n) is 2.41. The van der Waals surface area contributed by atoms with Crippen molar-refractivity contribution in [2.75, 3.05) is 13.7 Å². The van der Waals surface area contributed by atoms with Crippen molar-refractivity contribution >= 4 is 15.9 Å². The molecule has 2 aromatic carbocycles. The van der Waals surface area contributed by atoms with E-state index in [0.717, 1.165) is 16.6 Å². The van der Waals surface area contributed by atoms with Crippen LogP contribution in [0.1, 0.15) is 24.1 Å². The van der Waals surface area contributed by atoms with Crippen LogP contribution < -0.4 is 10.1 Å². The molecular weight excluding hydrogens is 333 g/mol. The predicted molar refractivity (Wildman–Crippen MR) is 87.2 cm³/mol. The molecule has 2 aromatic rings. The quantitative estimate of drug-likeness (QED) is 0.827. The van der Waals surface area contributed by atoms with E-state index < -0.39 is 0 Å². The molecule has 0 bridgehead atoms. The minimum absolute atomic E-state index is 0.118. The summed E-state index contributed by atoms with van der Waals surface area (Å²) in [6.07, 6.45) is 0.707. The minimum Gasteiger partial charge on any atom is -0.496 e. The number of hydrogen-bond acceptors (Lipinski definition) is 2. The third-order valence-corrected chi connectivity index (χ3v) is 3.91. The van der Waals surface area contributed by atoms with Crippen molar-refractivity contribution in [3.63, 3.8) is 0 Å². The van der Waals surface area contributed by atoms with Crippen molar-refractivity contribution < 1.29 is 9.13 Å². The predicted octanol–water partition coefficient (Wildman–Crippen LogP) is 4.49. The molecule has 112 valence electrons. The Hall–Kier alpha value is -1.39. The Morgan fingerprint density at radius 2 is 1.90 bits per heavy atom. The molecule has 0 amide bonds. The highest BCUT2D eigenvalue weighted by Crippen LogP contribution is 2.30. The average molecular weight is 352 g/mol. The smallest absolute Gasteiger partial charge is 0.131 e. The van der Waals surface area contributed by atoms with E-state index in [4.69, 9.17) is 4.74 Å². The second-order valence-electron chi connectivity index (χ2n) is 4.80. The number of ether oxygens (including phenoxy) is 1. The number of benzene rings is 2. The summed E-state index contributed by atoms with van der Waals surface area (Å²) in [6, 6.07) is 12.9. The number of halogens is 2. The van der Waals surface area contributed by atoms with Gasteiger partial charge in [-0.15, -0.1) is 0 Å². The molecule has 1 atom stereocenters. The van der Waals surface area contributed by atoms with Gasteiger partial charge in [-0.3, -0.25) is 0 Å². The Morgan fingerprint density at radius 1 is 1.19 bits per heavy atom. The molecule has 21 heavy (non-hydrogen) atoms. The van der Waals surface area contributed by atoms with Gasteiger partial charge in [0.1, 0.15) is 11.6 Å². The van der Waals surface area contributed by atoms with Gasteiger partial charge in [0.25, 0.3) is 0 Å². The topological polar surface area (TPSA) is 21.3 Å². The highest BCUT2D eigenvalue weighted by atomic mass is 79.9. The van der Waals surface area contributed by atoms with Gasteiger partial charge in [-0.05, 0) is 42.8 Å². The molecule has 4 heteroatoms. The number of nitrogens with one attached hydrogen (secondary N) is 1. The summed E-state index contributed by atoms with van der Waals surface area (Å²) in [4.78, 5) is 0. The molecule has 0 radical (unpaired) electrons. The SMILES string of the molecule is CCNC(Cc1ccc(Br)cc1)c1c(F)cccc1OC. The van der Waals surface area contributed by atoms with Crippen molar-refractivity contribution in [3.8, 4) is 5.75 Å². The molecule has 0 fully saturated rings. The zero-order valence-electron chi connectivity index (χ0n) is 12.2. The molecule has 0 heterocycles. The molecule has 1 N–H and O–H groups in total. The van der Waals surface area contributed by atoms with Gasteiger partial charge in [-0.25, -0.2) is 4.39 Å². The van der Waals surface area contributed by atoms with Crippen LogP contribution >= 0.6 is 15.9 Å². The number of likely N-dealkylation sites (N-methyl/N-ethyl adjacent to an activating group) is 1. The van der Waals surface area contributed by atoms with Gasteiger partial charge >= 0.3 is 0 Å². The lowest BCUT2D eigenvalue weighted by Crippen LogP contribution is -2.24. The Morgan fingerprint density at radius 3 is 2.52 bits per heavy atom. The van der Waals surface area contributed by atoms with E-state index in [1.807, 2.05) is 31.2 Å². The van der Waals surface area contributed by atoms with Gasteiger partial charge in [0, 0.05) is 16.1 Å². The molecule has 0 saturated carbocycles. The molecule has 1 unspecified atom stereocenters. The van der Waals surface area contributed by atoms with E-state index in [9.17, 15) is 4.39 Å². The second kappa shape index (κ2) is 7.57. The summed E-state index contributed by atoms with van der Waals surface area (Å²) < 4.78 is 20.6. The van der Waals surface area contributed by atoms with Crippen LogP contribution in [0.4, 0.5) is 4.39 Å². The maximum atomic E-state index is 14.2. The number of rotatable bonds is 6.